The first-order valence-electron chi connectivity index (χ1n) is 9.14. The molecule has 0 saturated heterocycles. The highest BCUT2D eigenvalue weighted by atomic mass is 15.2. The minimum absolute atomic E-state index is 0.655. The van der Waals surface area contributed by atoms with Gasteiger partial charge in [-0.2, -0.15) is 0 Å². The van der Waals surface area contributed by atoms with Crippen molar-refractivity contribution in [2.45, 2.75) is 93.3 Å². The molecule has 2 nitrogen and oxygen atoms in total. The van der Waals surface area contributed by atoms with Gasteiger partial charge in [0.1, 0.15) is 0 Å². The van der Waals surface area contributed by atoms with Gasteiger partial charge in [0.15, 0.2) is 0 Å². The van der Waals surface area contributed by atoms with Gasteiger partial charge >= 0.3 is 0 Å². The van der Waals surface area contributed by atoms with E-state index < -0.39 is 0 Å². The summed E-state index contributed by atoms with van der Waals surface area (Å²) in [6.07, 6.45) is 2.62. The zero-order chi connectivity index (χ0) is 16.6. The molecule has 0 bridgehead atoms. The fourth-order valence-electron chi connectivity index (χ4n) is 3.24. The molecule has 0 aliphatic heterocycles. The van der Waals surface area contributed by atoms with E-state index in [1.54, 1.807) is 0 Å². The molecule has 0 rings (SSSR count). The zero-order valence-electron chi connectivity index (χ0n) is 16.3. The quantitative estimate of drug-likeness (QED) is 0.536. The van der Waals surface area contributed by atoms with Gasteiger partial charge in [0, 0.05) is 31.2 Å². The van der Waals surface area contributed by atoms with Gasteiger partial charge in [-0.25, -0.2) is 0 Å². The second-order valence-electron chi connectivity index (χ2n) is 8.16. The Labute approximate surface area is 135 Å². The molecule has 1 atom stereocenters. The Hall–Kier alpha value is -0.0800. The monoisotopic (exact) mass is 298 g/mol. The van der Waals surface area contributed by atoms with Crippen LogP contribution in [0.15, 0.2) is 0 Å². The van der Waals surface area contributed by atoms with Crippen molar-refractivity contribution in [3.8, 4) is 0 Å². The molecule has 0 fully saturated rings. The molecule has 0 aliphatic rings. The second kappa shape index (κ2) is 10.6. The summed E-state index contributed by atoms with van der Waals surface area (Å²) < 4.78 is 0. The zero-order valence-corrected chi connectivity index (χ0v) is 16.3. The molecule has 0 spiro atoms. The van der Waals surface area contributed by atoms with Crippen molar-refractivity contribution in [2.24, 2.45) is 11.8 Å². The highest BCUT2D eigenvalue weighted by Crippen LogP contribution is 2.14. The largest absolute Gasteiger partial charge is 0.300 e. The smallest absolute Gasteiger partial charge is 0.00676 e. The number of hydrogen-bond acceptors (Lipinski definition) is 2. The third kappa shape index (κ3) is 9.52. The van der Waals surface area contributed by atoms with Crippen LogP contribution in [0.4, 0.5) is 0 Å². The molecule has 0 aromatic rings. The van der Waals surface area contributed by atoms with Crippen molar-refractivity contribution < 1.29 is 0 Å². The normalized spacial score (nSPS) is 14.4. The summed E-state index contributed by atoms with van der Waals surface area (Å²) in [6, 6.07) is 2.02. The molecule has 1 unspecified atom stereocenters. The molecule has 0 aromatic heterocycles. The summed E-state index contributed by atoms with van der Waals surface area (Å²) in [6.45, 7) is 24.7. The van der Waals surface area contributed by atoms with Crippen LogP contribution in [0.3, 0.4) is 0 Å². The maximum Gasteiger partial charge on any atom is 0.00676 e. The van der Waals surface area contributed by atoms with E-state index in [2.05, 4.69) is 72.1 Å². The maximum absolute atomic E-state index is 2.70. The Morgan fingerprint density at radius 3 is 1.43 bits per heavy atom. The van der Waals surface area contributed by atoms with Crippen LogP contribution < -0.4 is 0 Å². The molecule has 0 heterocycles. The van der Waals surface area contributed by atoms with Crippen LogP contribution in [0.5, 0.6) is 0 Å². The van der Waals surface area contributed by atoms with Gasteiger partial charge in [-0.05, 0) is 65.8 Å². The van der Waals surface area contributed by atoms with E-state index in [0.29, 0.717) is 18.1 Å². The number of rotatable bonds is 11. The number of nitrogens with zero attached hydrogens (tertiary/aromatic N) is 2. The first-order valence-corrected chi connectivity index (χ1v) is 9.14. The molecule has 128 valence electrons. The van der Waals surface area contributed by atoms with E-state index in [9.17, 15) is 0 Å². The molecule has 0 radical (unpaired) electrons. The molecule has 0 aliphatic carbocycles. The number of hydrogen-bond donors (Lipinski definition) is 0. The summed E-state index contributed by atoms with van der Waals surface area (Å²) in [5, 5.41) is 0. The summed E-state index contributed by atoms with van der Waals surface area (Å²) in [5.74, 6) is 1.52. The Balaban J connectivity index is 4.32. The van der Waals surface area contributed by atoms with Crippen LogP contribution in [0.1, 0.15) is 75.2 Å². The third-order valence-electron chi connectivity index (χ3n) is 4.19. The molecule has 0 saturated carbocycles. The second-order valence-corrected chi connectivity index (χ2v) is 8.16. The molecular formula is C19H42N2. The lowest BCUT2D eigenvalue weighted by Gasteiger charge is -2.34. The highest BCUT2D eigenvalue weighted by molar-refractivity contribution is 4.73. The molecular weight excluding hydrogens is 256 g/mol. The fourth-order valence-corrected chi connectivity index (χ4v) is 3.24. The molecule has 2 heteroatoms. The lowest BCUT2D eigenvalue weighted by molar-refractivity contribution is 0.138. The van der Waals surface area contributed by atoms with Gasteiger partial charge in [0.25, 0.3) is 0 Å². The fraction of sp³-hybridized carbons (Fsp3) is 1.00. The SMILES string of the molecule is CC(C)CN(CC(C)C)C(C)CCCN(C(C)C)C(C)C. The van der Waals surface area contributed by atoms with E-state index in [-0.39, 0.29) is 0 Å². The van der Waals surface area contributed by atoms with Crippen LogP contribution >= 0.6 is 0 Å². The van der Waals surface area contributed by atoms with Crippen molar-refractivity contribution in [1.82, 2.24) is 9.80 Å². The van der Waals surface area contributed by atoms with Crippen molar-refractivity contribution in [1.29, 1.82) is 0 Å². The predicted octanol–water partition coefficient (Wildman–Crippen LogP) is 4.89. The van der Waals surface area contributed by atoms with Crippen LogP contribution in [-0.4, -0.2) is 47.6 Å². The third-order valence-corrected chi connectivity index (χ3v) is 4.19. The van der Waals surface area contributed by atoms with Gasteiger partial charge in [0.2, 0.25) is 0 Å². The highest BCUT2D eigenvalue weighted by Gasteiger charge is 2.18. The van der Waals surface area contributed by atoms with Crippen molar-refractivity contribution in [3.05, 3.63) is 0 Å². The molecule has 0 aromatic carbocycles. The average Bonchev–Trinajstić information content (AvgIpc) is 2.31. The van der Waals surface area contributed by atoms with Crippen LogP contribution in [0.25, 0.3) is 0 Å². The summed E-state index contributed by atoms with van der Waals surface area (Å²) in [7, 11) is 0. The van der Waals surface area contributed by atoms with Gasteiger partial charge in [-0.15, -0.1) is 0 Å². The lowest BCUT2D eigenvalue weighted by atomic mass is 10.1. The Bertz CT molecular complexity index is 228. The average molecular weight is 299 g/mol. The van der Waals surface area contributed by atoms with Crippen molar-refractivity contribution in [3.63, 3.8) is 0 Å². The lowest BCUT2D eigenvalue weighted by Crippen LogP contribution is -2.40. The Morgan fingerprint density at radius 1 is 0.667 bits per heavy atom. The summed E-state index contributed by atoms with van der Waals surface area (Å²) >= 11 is 0. The molecule has 21 heavy (non-hydrogen) atoms. The minimum atomic E-state index is 0.655. The van der Waals surface area contributed by atoms with E-state index in [1.165, 1.54) is 32.5 Å². The molecule has 0 N–H and O–H groups in total. The topological polar surface area (TPSA) is 6.48 Å². The van der Waals surface area contributed by atoms with Crippen LogP contribution in [-0.2, 0) is 0 Å². The Kier molecular flexibility index (Phi) is 10.6. The summed E-state index contributed by atoms with van der Waals surface area (Å²) in [5.41, 5.74) is 0. The van der Waals surface area contributed by atoms with E-state index in [0.717, 1.165) is 11.8 Å². The standard InChI is InChI=1S/C19H42N2/c1-15(2)13-20(14-16(3)4)19(9)11-10-12-21(17(5)6)18(7)8/h15-19H,10-14H2,1-9H3. The van der Waals surface area contributed by atoms with E-state index in [4.69, 9.17) is 0 Å². The van der Waals surface area contributed by atoms with Gasteiger partial charge in [-0.3, -0.25) is 4.90 Å². The van der Waals surface area contributed by atoms with Gasteiger partial charge in [-0.1, -0.05) is 27.7 Å². The summed E-state index contributed by atoms with van der Waals surface area (Å²) in [4.78, 5) is 5.31. The van der Waals surface area contributed by atoms with Gasteiger partial charge < -0.3 is 4.90 Å². The predicted molar refractivity (Wildman–Crippen MR) is 96.9 cm³/mol. The van der Waals surface area contributed by atoms with Crippen LogP contribution in [0.2, 0.25) is 0 Å². The minimum Gasteiger partial charge on any atom is -0.300 e. The maximum atomic E-state index is 2.70. The van der Waals surface area contributed by atoms with Gasteiger partial charge in [0.05, 0.1) is 0 Å². The van der Waals surface area contributed by atoms with E-state index >= 15 is 0 Å². The molecule has 0 amide bonds. The van der Waals surface area contributed by atoms with Crippen molar-refractivity contribution >= 4 is 0 Å². The first-order chi connectivity index (χ1) is 9.65. The van der Waals surface area contributed by atoms with E-state index in [1.807, 2.05) is 0 Å². The van der Waals surface area contributed by atoms with Crippen LogP contribution in [0, 0.1) is 11.8 Å². The first kappa shape index (κ1) is 20.9. The van der Waals surface area contributed by atoms with Crippen molar-refractivity contribution in [2.75, 3.05) is 19.6 Å². The Morgan fingerprint density at radius 2 is 1.10 bits per heavy atom.